The van der Waals surface area contributed by atoms with Crippen LogP contribution in [0.3, 0.4) is 0 Å². The molecule has 0 bridgehead atoms. The zero-order chi connectivity index (χ0) is 16.1. The number of para-hydroxylation sites is 1. The quantitative estimate of drug-likeness (QED) is 0.364. The first-order valence-electron chi connectivity index (χ1n) is 6.49. The van der Waals surface area contributed by atoms with Crippen LogP contribution in [-0.2, 0) is 16.1 Å². The van der Waals surface area contributed by atoms with Crippen molar-refractivity contribution in [1.29, 1.82) is 0 Å². The Morgan fingerprint density at radius 2 is 2.14 bits per heavy atom. The Hall–Kier alpha value is -2.96. The first-order valence-corrected chi connectivity index (χ1v) is 6.49. The van der Waals surface area contributed by atoms with E-state index in [-0.39, 0.29) is 12.3 Å². The second kappa shape index (κ2) is 6.66. The van der Waals surface area contributed by atoms with Gasteiger partial charge in [-0.05, 0) is 26.0 Å². The van der Waals surface area contributed by atoms with Crippen LogP contribution in [0, 0.1) is 24.0 Å². The Morgan fingerprint density at radius 1 is 1.41 bits per heavy atom. The second-order valence-electron chi connectivity index (χ2n) is 4.56. The number of rotatable bonds is 5. The number of aryl methyl sites for hydroxylation is 2. The maximum absolute atomic E-state index is 11.7. The van der Waals surface area contributed by atoms with E-state index in [0.29, 0.717) is 22.6 Å². The van der Waals surface area contributed by atoms with E-state index in [1.165, 1.54) is 12.1 Å². The summed E-state index contributed by atoms with van der Waals surface area (Å²) >= 11 is 0. The Labute approximate surface area is 126 Å². The van der Waals surface area contributed by atoms with E-state index < -0.39 is 10.9 Å². The lowest BCUT2D eigenvalue weighted by atomic mass is 10.1. The molecule has 0 aliphatic carbocycles. The predicted molar refractivity (Wildman–Crippen MR) is 77.9 cm³/mol. The van der Waals surface area contributed by atoms with E-state index in [1.807, 2.05) is 0 Å². The summed E-state index contributed by atoms with van der Waals surface area (Å²) in [5.41, 5.74) is 1.64. The van der Waals surface area contributed by atoms with E-state index >= 15 is 0 Å². The molecule has 0 N–H and O–H groups in total. The lowest BCUT2D eigenvalue weighted by Crippen LogP contribution is -2.02. The molecule has 7 heteroatoms. The predicted octanol–water partition coefficient (Wildman–Crippen LogP) is 2.96. The van der Waals surface area contributed by atoms with Crippen molar-refractivity contribution in [1.82, 2.24) is 5.16 Å². The molecule has 7 nitrogen and oxygen atoms in total. The summed E-state index contributed by atoms with van der Waals surface area (Å²) in [5, 5.41) is 14.6. The lowest BCUT2D eigenvalue weighted by Gasteiger charge is -2.01. The first-order chi connectivity index (χ1) is 10.5. The average molecular weight is 302 g/mol. The van der Waals surface area contributed by atoms with E-state index in [1.54, 1.807) is 32.0 Å². The van der Waals surface area contributed by atoms with E-state index in [9.17, 15) is 14.9 Å². The number of hydrogen-bond donors (Lipinski definition) is 0. The zero-order valence-electron chi connectivity index (χ0n) is 12.1. The molecular weight excluding hydrogens is 288 g/mol. The first kappa shape index (κ1) is 15.4. The number of benzene rings is 1. The Bertz CT molecular complexity index is 714. The summed E-state index contributed by atoms with van der Waals surface area (Å²) in [7, 11) is 0. The number of carbonyl (C=O) groups excluding carboxylic acids is 1. The standard InChI is InChI=1S/C15H14N2O5/c1-10-13(11(2)22-16-10)9-21-15(18)8-7-12-5-3-4-6-14(12)17(19)20/h3-8H,9H2,1-2H3/b8-7+. The van der Waals surface area contributed by atoms with Gasteiger partial charge >= 0.3 is 5.97 Å². The van der Waals surface area contributed by atoms with Gasteiger partial charge < -0.3 is 9.26 Å². The van der Waals surface area contributed by atoms with E-state index in [0.717, 1.165) is 6.08 Å². The summed E-state index contributed by atoms with van der Waals surface area (Å²) in [6.45, 7) is 3.52. The maximum Gasteiger partial charge on any atom is 0.331 e. The number of carbonyl (C=O) groups is 1. The highest BCUT2D eigenvalue weighted by Gasteiger charge is 2.12. The molecule has 114 valence electrons. The molecule has 2 rings (SSSR count). The van der Waals surface area contributed by atoms with Crippen molar-refractivity contribution >= 4 is 17.7 Å². The molecule has 22 heavy (non-hydrogen) atoms. The van der Waals surface area contributed by atoms with Gasteiger partial charge in [0.1, 0.15) is 12.4 Å². The van der Waals surface area contributed by atoms with Gasteiger partial charge in [-0.15, -0.1) is 0 Å². The number of nitro groups is 1. The Balaban J connectivity index is 2.02. The number of esters is 1. The molecule has 0 unspecified atom stereocenters. The highest BCUT2D eigenvalue weighted by atomic mass is 16.6. The van der Waals surface area contributed by atoms with Gasteiger partial charge in [-0.1, -0.05) is 17.3 Å². The van der Waals surface area contributed by atoms with Crippen LogP contribution in [0.2, 0.25) is 0 Å². The fourth-order valence-corrected chi connectivity index (χ4v) is 1.85. The van der Waals surface area contributed by atoms with Crippen molar-refractivity contribution in [3.63, 3.8) is 0 Å². The van der Waals surface area contributed by atoms with Crippen LogP contribution in [0.4, 0.5) is 5.69 Å². The van der Waals surface area contributed by atoms with Crippen LogP contribution in [0.5, 0.6) is 0 Å². The van der Waals surface area contributed by atoms with Crippen LogP contribution in [-0.4, -0.2) is 16.0 Å². The van der Waals surface area contributed by atoms with Crippen molar-refractivity contribution in [3.05, 3.63) is 63.0 Å². The maximum atomic E-state index is 11.7. The van der Waals surface area contributed by atoms with Crippen LogP contribution in [0.25, 0.3) is 6.08 Å². The van der Waals surface area contributed by atoms with Crippen LogP contribution in [0.15, 0.2) is 34.9 Å². The molecule has 0 saturated carbocycles. The molecule has 0 fully saturated rings. The monoisotopic (exact) mass is 302 g/mol. The smallest absolute Gasteiger partial charge is 0.331 e. The van der Waals surface area contributed by atoms with Gasteiger partial charge in [0.25, 0.3) is 5.69 Å². The molecule has 0 saturated heterocycles. The number of nitrogens with zero attached hydrogens (tertiary/aromatic N) is 2. The zero-order valence-corrected chi connectivity index (χ0v) is 12.1. The fraction of sp³-hybridized carbons (Fsp3) is 0.200. The molecule has 0 atom stereocenters. The van der Waals surface area contributed by atoms with E-state index in [2.05, 4.69) is 5.16 Å². The fourth-order valence-electron chi connectivity index (χ4n) is 1.85. The summed E-state index contributed by atoms with van der Waals surface area (Å²) in [5.74, 6) is -0.00821. The van der Waals surface area contributed by atoms with Gasteiger partial charge in [-0.3, -0.25) is 10.1 Å². The van der Waals surface area contributed by atoms with Crippen molar-refractivity contribution in [2.75, 3.05) is 0 Å². The minimum atomic E-state index is -0.599. The molecule has 1 aromatic heterocycles. The summed E-state index contributed by atoms with van der Waals surface area (Å²) in [6, 6.07) is 6.14. The number of ether oxygens (including phenoxy) is 1. The lowest BCUT2D eigenvalue weighted by molar-refractivity contribution is -0.385. The molecule has 0 aliphatic heterocycles. The Kier molecular flexibility index (Phi) is 4.67. The largest absolute Gasteiger partial charge is 0.457 e. The molecule has 0 aliphatic rings. The van der Waals surface area contributed by atoms with Gasteiger partial charge in [-0.25, -0.2) is 4.79 Å². The van der Waals surface area contributed by atoms with Crippen LogP contribution >= 0.6 is 0 Å². The molecule has 0 amide bonds. The van der Waals surface area contributed by atoms with E-state index in [4.69, 9.17) is 9.26 Å². The van der Waals surface area contributed by atoms with Gasteiger partial charge in [0.15, 0.2) is 0 Å². The second-order valence-corrected chi connectivity index (χ2v) is 4.56. The topological polar surface area (TPSA) is 95.5 Å². The van der Waals surface area contributed by atoms with Crippen molar-refractivity contribution in [2.45, 2.75) is 20.5 Å². The summed E-state index contributed by atoms with van der Waals surface area (Å²) in [4.78, 5) is 22.0. The molecule has 1 aromatic carbocycles. The van der Waals surface area contributed by atoms with Gasteiger partial charge in [0, 0.05) is 12.1 Å². The molecule has 0 radical (unpaired) electrons. The number of hydrogen-bond acceptors (Lipinski definition) is 6. The minimum absolute atomic E-state index is 0.0429. The van der Waals surface area contributed by atoms with Crippen molar-refractivity contribution < 1.29 is 19.0 Å². The van der Waals surface area contributed by atoms with Crippen LogP contribution < -0.4 is 0 Å². The average Bonchev–Trinajstić information content (AvgIpc) is 2.82. The highest BCUT2D eigenvalue weighted by Crippen LogP contribution is 2.19. The third kappa shape index (κ3) is 3.57. The summed E-state index contributed by atoms with van der Waals surface area (Å²) < 4.78 is 10.0. The molecular formula is C15H14N2O5. The Morgan fingerprint density at radius 3 is 2.77 bits per heavy atom. The van der Waals surface area contributed by atoms with Gasteiger partial charge in [0.2, 0.25) is 0 Å². The van der Waals surface area contributed by atoms with Crippen LogP contribution in [0.1, 0.15) is 22.6 Å². The third-order valence-corrected chi connectivity index (χ3v) is 3.07. The van der Waals surface area contributed by atoms with Crippen molar-refractivity contribution in [3.8, 4) is 0 Å². The minimum Gasteiger partial charge on any atom is -0.457 e. The summed E-state index contributed by atoms with van der Waals surface area (Å²) in [6.07, 6.45) is 2.51. The molecule has 2 aromatic rings. The third-order valence-electron chi connectivity index (χ3n) is 3.07. The number of aromatic nitrogens is 1. The van der Waals surface area contributed by atoms with Crippen molar-refractivity contribution in [2.24, 2.45) is 0 Å². The number of nitro benzene ring substituents is 1. The normalized spacial score (nSPS) is 10.8. The molecule has 0 spiro atoms. The highest BCUT2D eigenvalue weighted by molar-refractivity contribution is 5.87. The SMILES string of the molecule is Cc1noc(C)c1COC(=O)/C=C/c1ccccc1[N+](=O)[O-]. The molecule has 1 heterocycles. The van der Waals surface area contributed by atoms with Gasteiger partial charge in [0.05, 0.1) is 21.7 Å². The van der Waals surface area contributed by atoms with Gasteiger partial charge in [-0.2, -0.15) is 0 Å².